The first-order valence-electron chi connectivity index (χ1n) is 6.58. The van der Waals surface area contributed by atoms with Gasteiger partial charge in [0.15, 0.2) is 0 Å². The Kier molecular flexibility index (Phi) is 4.50. The monoisotopic (exact) mass is 311 g/mol. The number of aryl methyl sites for hydroxylation is 1. The maximum absolute atomic E-state index is 12.1. The van der Waals surface area contributed by atoms with E-state index in [1.54, 1.807) is 6.07 Å². The van der Waals surface area contributed by atoms with Crippen LogP contribution in [0, 0.1) is 6.92 Å². The average Bonchev–Trinajstić information content (AvgIpc) is 2.83. The number of hydrogen-bond donors (Lipinski definition) is 3. The Hall–Kier alpha value is -1.33. The zero-order valence-corrected chi connectivity index (χ0v) is 12.9. The molecule has 0 aromatic heterocycles. The van der Waals surface area contributed by atoms with Gasteiger partial charge in [0.25, 0.3) is 0 Å². The second-order valence-electron chi connectivity index (χ2n) is 5.20. The lowest BCUT2D eigenvalue weighted by molar-refractivity contribution is 0.245. The van der Waals surface area contributed by atoms with Crippen molar-refractivity contribution in [1.82, 2.24) is 5.32 Å². The van der Waals surface area contributed by atoms with Gasteiger partial charge in [-0.25, -0.2) is 4.79 Å². The van der Waals surface area contributed by atoms with Crippen LogP contribution in [0.4, 0.5) is 10.5 Å². The molecular formula is C14H18ClN3OS. The van der Waals surface area contributed by atoms with E-state index in [1.165, 1.54) is 0 Å². The molecular weight excluding hydrogens is 294 g/mol. The molecule has 0 saturated heterocycles. The number of nitrogens with one attached hydrogen (secondary N) is 2. The van der Waals surface area contributed by atoms with Crippen molar-refractivity contribution in [2.45, 2.75) is 38.1 Å². The molecule has 1 aromatic rings. The summed E-state index contributed by atoms with van der Waals surface area (Å²) in [6, 6.07) is 5.08. The third-order valence-corrected chi connectivity index (χ3v) is 4.51. The van der Waals surface area contributed by atoms with E-state index in [2.05, 4.69) is 10.6 Å². The summed E-state index contributed by atoms with van der Waals surface area (Å²) in [4.78, 5) is 12.4. The van der Waals surface area contributed by atoms with E-state index in [0.717, 1.165) is 31.2 Å². The maximum atomic E-state index is 12.1. The predicted molar refractivity (Wildman–Crippen MR) is 86.3 cm³/mol. The second kappa shape index (κ2) is 5.97. The van der Waals surface area contributed by atoms with Crippen LogP contribution in [0.3, 0.4) is 0 Å². The SMILES string of the molecule is Cc1ccc(NC(=O)NC2(C(N)=S)CCCC2)cc1Cl. The molecule has 0 aliphatic heterocycles. The molecule has 4 N–H and O–H groups in total. The summed E-state index contributed by atoms with van der Waals surface area (Å²) in [6.45, 7) is 1.91. The number of amides is 2. The highest BCUT2D eigenvalue weighted by Crippen LogP contribution is 2.30. The smallest absolute Gasteiger partial charge is 0.320 e. The number of rotatable bonds is 3. The third-order valence-electron chi connectivity index (χ3n) is 3.71. The molecule has 2 amide bonds. The van der Waals surface area contributed by atoms with Crippen LogP contribution >= 0.6 is 23.8 Å². The molecule has 1 fully saturated rings. The fourth-order valence-corrected chi connectivity index (χ4v) is 2.90. The highest BCUT2D eigenvalue weighted by molar-refractivity contribution is 7.80. The van der Waals surface area contributed by atoms with Crippen LogP contribution in [0.15, 0.2) is 18.2 Å². The summed E-state index contributed by atoms with van der Waals surface area (Å²) >= 11 is 11.1. The van der Waals surface area contributed by atoms with Crippen molar-refractivity contribution in [2.75, 3.05) is 5.32 Å². The molecule has 20 heavy (non-hydrogen) atoms. The van der Waals surface area contributed by atoms with Crippen molar-refractivity contribution in [2.24, 2.45) is 5.73 Å². The normalized spacial score (nSPS) is 16.7. The molecule has 108 valence electrons. The van der Waals surface area contributed by atoms with Crippen molar-refractivity contribution in [3.05, 3.63) is 28.8 Å². The Morgan fingerprint density at radius 2 is 2.05 bits per heavy atom. The van der Waals surface area contributed by atoms with Crippen molar-refractivity contribution in [1.29, 1.82) is 0 Å². The number of urea groups is 1. The van der Waals surface area contributed by atoms with Gasteiger partial charge >= 0.3 is 6.03 Å². The summed E-state index contributed by atoms with van der Waals surface area (Å²) in [5, 5.41) is 6.30. The first kappa shape index (κ1) is 15.1. The molecule has 0 atom stereocenters. The minimum atomic E-state index is -0.548. The van der Waals surface area contributed by atoms with E-state index in [0.29, 0.717) is 15.7 Å². The summed E-state index contributed by atoms with van der Waals surface area (Å²) in [7, 11) is 0. The van der Waals surface area contributed by atoms with Gasteiger partial charge in [0.1, 0.15) is 0 Å². The van der Waals surface area contributed by atoms with Crippen molar-refractivity contribution >= 4 is 40.5 Å². The molecule has 0 spiro atoms. The van der Waals surface area contributed by atoms with E-state index >= 15 is 0 Å². The fourth-order valence-electron chi connectivity index (χ4n) is 2.46. The molecule has 1 saturated carbocycles. The van der Waals surface area contributed by atoms with E-state index < -0.39 is 5.54 Å². The fraction of sp³-hybridized carbons (Fsp3) is 0.429. The minimum absolute atomic E-state index is 0.306. The van der Waals surface area contributed by atoms with E-state index in [9.17, 15) is 4.79 Å². The summed E-state index contributed by atoms with van der Waals surface area (Å²) in [6.07, 6.45) is 3.64. The van der Waals surface area contributed by atoms with Crippen LogP contribution in [0.2, 0.25) is 5.02 Å². The van der Waals surface area contributed by atoms with Gasteiger partial charge in [-0.3, -0.25) is 0 Å². The van der Waals surface area contributed by atoms with E-state index in [1.807, 2.05) is 19.1 Å². The second-order valence-corrected chi connectivity index (χ2v) is 6.04. The molecule has 6 heteroatoms. The molecule has 4 nitrogen and oxygen atoms in total. The molecule has 1 aromatic carbocycles. The zero-order valence-electron chi connectivity index (χ0n) is 11.3. The maximum Gasteiger partial charge on any atom is 0.320 e. The molecule has 1 aliphatic rings. The van der Waals surface area contributed by atoms with Crippen LogP contribution in [-0.4, -0.2) is 16.6 Å². The van der Waals surface area contributed by atoms with Crippen LogP contribution < -0.4 is 16.4 Å². The van der Waals surface area contributed by atoms with E-state index in [4.69, 9.17) is 29.6 Å². The lowest BCUT2D eigenvalue weighted by Gasteiger charge is -2.29. The highest BCUT2D eigenvalue weighted by Gasteiger charge is 2.38. The number of nitrogens with two attached hydrogens (primary N) is 1. The van der Waals surface area contributed by atoms with Crippen molar-refractivity contribution < 1.29 is 4.79 Å². The van der Waals surface area contributed by atoms with Gasteiger partial charge in [-0.15, -0.1) is 0 Å². The Morgan fingerprint density at radius 3 is 2.60 bits per heavy atom. The predicted octanol–water partition coefficient (Wildman–Crippen LogP) is 3.37. The Balaban J connectivity index is 2.04. The van der Waals surface area contributed by atoms with Crippen molar-refractivity contribution in [3.8, 4) is 0 Å². The standard InChI is InChI=1S/C14H18ClN3OS/c1-9-4-5-10(8-11(9)15)17-13(19)18-14(12(16)20)6-2-3-7-14/h4-5,8H,2-3,6-7H2,1H3,(H2,16,20)(H2,17,18,19). The Morgan fingerprint density at radius 1 is 1.40 bits per heavy atom. The van der Waals surface area contributed by atoms with Crippen molar-refractivity contribution in [3.63, 3.8) is 0 Å². The van der Waals surface area contributed by atoms with Gasteiger partial charge in [-0.1, -0.05) is 42.7 Å². The topological polar surface area (TPSA) is 67.2 Å². The molecule has 1 aliphatic carbocycles. The largest absolute Gasteiger partial charge is 0.391 e. The molecule has 2 rings (SSSR count). The lowest BCUT2D eigenvalue weighted by Crippen LogP contribution is -2.55. The van der Waals surface area contributed by atoms with Gasteiger partial charge in [-0.2, -0.15) is 0 Å². The van der Waals surface area contributed by atoms with Gasteiger partial charge in [0, 0.05) is 10.7 Å². The zero-order chi connectivity index (χ0) is 14.8. The van der Waals surface area contributed by atoms with Crippen LogP contribution in [0.1, 0.15) is 31.2 Å². The number of anilines is 1. The first-order valence-corrected chi connectivity index (χ1v) is 7.37. The number of carbonyl (C=O) groups excluding carboxylic acids is 1. The van der Waals surface area contributed by atoms with Gasteiger partial charge in [0.05, 0.1) is 10.5 Å². The lowest BCUT2D eigenvalue weighted by atomic mass is 9.98. The molecule has 0 unspecified atom stereocenters. The van der Waals surface area contributed by atoms with Crippen LogP contribution in [-0.2, 0) is 0 Å². The van der Waals surface area contributed by atoms with Crippen LogP contribution in [0.25, 0.3) is 0 Å². The van der Waals surface area contributed by atoms with Gasteiger partial charge in [0.2, 0.25) is 0 Å². The Labute approximate surface area is 129 Å². The minimum Gasteiger partial charge on any atom is -0.391 e. The van der Waals surface area contributed by atoms with Gasteiger partial charge < -0.3 is 16.4 Å². The number of benzene rings is 1. The molecule has 0 radical (unpaired) electrons. The van der Waals surface area contributed by atoms with Crippen LogP contribution in [0.5, 0.6) is 0 Å². The molecule has 0 bridgehead atoms. The molecule has 0 heterocycles. The quantitative estimate of drug-likeness (QED) is 0.750. The summed E-state index contributed by atoms with van der Waals surface area (Å²) in [5.74, 6) is 0. The number of halogens is 1. The first-order chi connectivity index (χ1) is 9.43. The summed E-state index contributed by atoms with van der Waals surface area (Å²) in [5.41, 5.74) is 6.85. The van der Waals surface area contributed by atoms with Gasteiger partial charge in [-0.05, 0) is 37.5 Å². The Bertz CT molecular complexity index is 541. The average molecular weight is 312 g/mol. The number of hydrogen-bond acceptors (Lipinski definition) is 2. The number of carbonyl (C=O) groups is 1. The summed E-state index contributed by atoms with van der Waals surface area (Å²) < 4.78 is 0. The van der Waals surface area contributed by atoms with E-state index in [-0.39, 0.29) is 6.03 Å². The third kappa shape index (κ3) is 3.22. The highest BCUT2D eigenvalue weighted by atomic mass is 35.5. The number of thiocarbonyl (C=S) groups is 1.